The molecule has 28 heavy (non-hydrogen) atoms. The van der Waals surface area contributed by atoms with Gasteiger partial charge in [-0.05, 0) is 29.0 Å². The summed E-state index contributed by atoms with van der Waals surface area (Å²) in [5, 5.41) is 5.42. The fourth-order valence-electron chi connectivity index (χ4n) is 3.53. The van der Waals surface area contributed by atoms with Crippen LogP contribution in [-0.2, 0) is 9.59 Å². The quantitative estimate of drug-likeness (QED) is 0.708. The van der Waals surface area contributed by atoms with Gasteiger partial charge in [-0.15, -0.1) is 0 Å². The Morgan fingerprint density at radius 1 is 1.11 bits per heavy atom. The second kappa shape index (κ2) is 7.52. The molecule has 1 atom stereocenters. The average Bonchev–Trinajstić information content (AvgIpc) is 2.94. The molecular weight excluding hydrogens is 376 g/mol. The first-order valence-corrected chi connectivity index (χ1v) is 9.41. The molecule has 3 aromatic carbocycles. The van der Waals surface area contributed by atoms with Gasteiger partial charge in [-0.1, -0.05) is 54.1 Å². The minimum atomic E-state index is -0.716. The zero-order valence-electron chi connectivity index (χ0n) is 15.3. The molecule has 142 valence electrons. The SMILES string of the molecule is CC(=O)N[C@@H]1C(=O)N(CCOc2ccc3ccccc3c2)c2c(Cl)cccc21. The zero-order valence-corrected chi connectivity index (χ0v) is 16.1. The van der Waals surface area contributed by atoms with Gasteiger partial charge < -0.3 is 15.0 Å². The molecule has 0 aliphatic carbocycles. The zero-order chi connectivity index (χ0) is 19.7. The molecule has 2 amide bonds. The fraction of sp³-hybridized carbons (Fsp3) is 0.182. The average molecular weight is 395 g/mol. The molecule has 1 aliphatic rings. The molecule has 0 fully saturated rings. The summed E-state index contributed by atoms with van der Waals surface area (Å²) >= 11 is 6.35. The molecular formula is C22H19ClN2O3. The van der Waals surface area contributed by atoms with Crippen molar-refractivity contribution in [3.8, 4) is 5.75 Å². The van der Waals surface area contributed by atoms with Crippen molar-refractivity contribution in [2.24, 2.45) is 0 Å². The Balaban J connectivity index is 1.51. The van der Waals surface area contributed by atoms with E-state index in [-0.39, 0.29) is 11.8 Å². The number of carbonyl (C=O) groups is 2. The van der Waals surface area contributed by atoms with Crippen LogP contribution < -0.4 is 15.0 Å². The van der Waals surface area contributed by atoms with Gasteiger partial charge in [-0.25, -0.2) is 0 Å². The molecule has 0 saturated carbocycles. The lowest BCUT2D eigenvalue weighted by atomic mass is 10.1. The highest BCUT2D eigenvalue weighted by molar-refractivity contribution is 6.34. The van der Waals surface area contributed by atoms with Crippen molar-refractivity contribution in [1.29, 1.82) is 0 Å². The number of nitrogens with one attached hydrogen (secondary N) is 1. The molecule has 1 aliphatic heterocycles. The molecule has 3 aromatic rings. The van der Waals surface area contributed by atoms with Crippen LogP contribution in [0.3, 0.4) is 0 Å². The van der Waals surface area contributed by atoms with Gasteiger partial charge in [0, 0.05) is 12.5 Å². The highest BCUT2D eigenvalue weighted by Crippen LogP contribution is 2.40. The van der Waals surface area contributed by atoms with Crippen molar-refractivity contribution in [1.82, 2.24) is 5.32 Å². The maximum Gasteiger partial charge on any atom is 0.254 e. The lowest BCUT2D eigenvalue weighted by Crippen LogP contribution is -2.38. The van der Waals surface area contributed by atoms with Crippen molar-refractivity contribution >= 4 is 39.9 Å². The van der Waals surface area contributed by atoms with E-state index < -0.39 is 6.04 Å². The van der Waals surface area contributed by atoms with E-state index in [1.165, 1.54) is 6.92 Å². The van der Waals surface area contributed by atoms with E-state index in [4.69, 9.17) is 16.3 Å². The molecule has 0 bridgehead atoms. The van der Waals surface area contributed by atoms with Crippen molar-refractivity contribution in [3.63, 3.8) is 0 Å². The van der Waals surface area contributed by atoms with Gasteiger partial charge in [0.2, 0.25) is 5.91 Å². The van der Waals surface area contributed by atoms with Gasteiger partial charge in [-0.3, -0.25) is 9.59 Å². The summed E-state index contributed by atoms with van der Waals surface area (Å²) in [5.41, 5.74) is 1.34. The van der Waals surface area contributed by atoms with Crippen LogP contribution in [0.25, 0.3) is 10.8 Å². The number of benzene rings is 3. The monoisotopic (exact) mass is 394 g/mol. The summed E-state index contributed by atoms with van der Waals surface area (Å²) < 4.78 is 5.87. The number of fused-ring (bicyclic) bond motifs is 2. The third-order valence-electron chi connectivity index (χ3n) is 4.76. The highest BCUT2D eigenvalue weighted by Gasteiger charge is 2.39. The van der Waals surface area contributed by atoms with Crippen molar-refractivity contribution in [2.45, 2.75) is 13.0 Å². The predicted octanol–water partition coefficient (Wildman–Crippen LogP) is 4.10. The van der Waals surface area contributed by atoms with E-state index in [1.54, 1.807) is 17.0 Å². The first-order chi connectivity index (χ1) is 13.5. The number of ether oxygens (including phenoxy) is 1. The van der Waals surface area contributed by atoms with Crippen molar-refractivity contribution in [2.75, 3.05) is 18.1 Å². The molecule has 4 rings (SSSR count). The van der Waals surface area contributed by atoms with Crippen LogP contribution >= 0.6 is 11.6 Å². The normalized spacial score (nSPS) is 15.6. The topological polar surface area (TPSA) is 58.6 Å². The molecule has 0 spiro atoms. The third kappa shape index (κ3) is 3.41. The predicted molar refractivity (Wildman–Crippen MR) is 110 cm³/mol. The van der Waals surface area contributed by atoms with E-state index in [0.29, 0.717) is 29.4 Å². The Labute approximate surface area is 167 Å². The van der Waals surface area contributed by atoms with E-state index in [0.717, 1.165) is 16.5 Å². The largest absolute Gasteiger partial charge is 0.492 e. The van der Waals surface area contributed by atoms with Gasteiger partial charge in [0.1, 0.15) is 18.4 Å². The molecule has 0 radical (unpaired) electrons. The number of hydrogen-bond acceptors (Lipinski definition) is 3. The standard InChI is InChI=1S/C22H19ClN2O3/c1-14(26)24-20-18-7-4-8-19(23)21(18)25(22(20)27)11-12-28-17-10-9-15-5-2-3-6-16(15)13-17/h2-10,13,20H,11-12H2,1H3,(H,24,26)/t20-/m0/s1. The second-order valence-electron chi connectivity index (χ2n) is 6.66. The summed E-state index contributed by atoms with van der Waals surface area (Å²) in [7, 11) is 0. The molecule has 5 nitrogen and oxygen atoms in total. The minimum absolute atomic E-state index is 0.208. The third-order valence-corrected chi connectivity index (χ3v) is 5.07. The summed E-state index contributed by atoms with van der Waals surface area (Å²) in [4.78, 5) is 26.0. The summed E-state index contributed by atoms with van der Waals surface area (Å²) in [6.07, 6.45) is 0. The Kier molecular flexibility index (Phi) is 4.92. The van der Waals surface area contributed by atoms with Crippen LogP contribution in [0, 0.1) is 0 Å². The Hall–Kier alpha value is -3.05. The molecule has 0 unspecified atom stereocenters. The Morgan fingerprint density at radius 2 is 1.89 bits per heavy atom. The second-order valence-corrected chi connectivity index (χ2v) is 7.07. The van der Waals surface area contributed by atoms with Crippen LogP contribution in [-0.4, -0.2) is 25.0 Å². The number of amides is 2. The minimum Gasteiger partial charge on any atom is -0.492 e. The molecule has 0 saturated heterocycles. The number of anilines is 1. The number of rotatable bonds is 5. The van der Waals surface area contributed by atoms with Gasteiger partial charge in [0.25, 0.3) is 5.91 Å². The van der Waals surface area contributed by atoms with E-state index in [9.17, 15) is 9.59 Å². The summed E-state index contributed by atoms with van der Waals surface area (Å²) in [5.74, 6) is 0.266. The van der Waals surface area contributed by atoms with Gasteiger partial charge >= 0.3 is 0 Å². The van der Waals surface area contributed by atoms with Crippen molar-refractivity contribution in [3.05, 3.63) is 71.2 Å². The number of hydrogen-bond donors (Lipinski definition) is 1. The number of carbonyl (C=O) groups excluding carboxylic acids is 2. The maximum absolute atomic E-state index is 12.9. The molecule has 0 aromatic heterocycles. The summed E-state index contributed by atoms with van der Waals surface area (Å²) in [6.45, 7) is 2.03. The van der Waals surface area contributed by atoms with E-state index >= 15 is 0 Å². The van der Waals surface area contributed by atoms with Gasteiger partial charge in [-0.2, -0.15) is 0 Å². The maximum atomic E-state index is 12.9. The number of nitrogens with zero attached hydrogens (tertiary/aromatic N) is 1. The molecule has 6 heteroatoms. The molecule has 1 heterocycles. The van der Waals surface area contributed by atoms with Crippen LogP contribution in [0.2, 0.25) is 5.02 Å². The first-order valence-electron chi connectivity index (χ1n) is 9.03. The van der Waals surface area contributed by atoms with Gasteiger partial charge in [0.15, 0.2) is 0 Å². The molecule has 1 N–H and O–H groups in total. The smallest absolute Gasteiger partial charge is 0.254 e. The fourth-order valence-corrected chi connectivity index (χ4v) is 3.81. The van der Waals surface area contributed by atoms with Crippen LogP contribution in [0.1, 0.15) is 18.5 Å². The van der Waals surface area contributed by atoms with E-state index in [2.05, 4.69) is 5.32 Å². The first kappa shape index (κ1) is 18.3. The Bertz CT molecular complexity index is 1070. The van der Waals surface area contributed by atoms with Crippen LogP contribution in [0.4, 0.5) is 5.69 Å². The number of halogens is 1. The summed E-state index contributed by atoms with van der Waals surface area (Å²) in [6, 6.07) is 18.5. The van der Waals surface area contributed by atoms with Crippen LogP contribution in [0.15, 0.2) is 60.7 Å². The lowest BCUT2D eigenvalue weighted by Gasteiger charge is -2.19. The number of para-hydroxylation sites is 1. The van der Waals surface area contributed by atoms with Crippen LogP contribution in [0.5, 0.6) is 5.75 Å². The Morgan fingerprint density at radius 3 is 2.68 bits per heavy atom. The van der Waals surface area contributed by atoms with E-state index in [1.807, 2.05) is 48.5 Å². The highest BCUT2D eigenvalue weighted by atomic mass is 35.5. The van der Waals surface area contributed by atoms with Crippen molar-refractivity contribution < 1.29 is 14.3 Å². The lowest BCUT2D eigenvalue weighted by molar-refractivity contribution is -0.126. The van der Waals surface area contributed by atoms with Gasteiger partial charge in [0.05, 0.1) is 17.3 Å².